The molecular formula is C15H15F2NO. The fraction of sp³-hybridized carbons (Fsp3) is 0.333. The van der Waals surface area contributed by atoms with Gasteiger partial charge in [0.2, 0.25) is 0 Å². The fourth-order valence-electron chi connectivity index (χ4n) is 2.73. The van der Waals surface area contributed by atoms with Crippen LogP contribution in [0.4, 0.5) is 8.78 Å². The molecule has 0 bridgehead atoms. The number of hydrogen-bond acceptors (Lipinski definition) is 2. The van der Waals surface area contributed by atoms with Gasteiger partial charge < -0.3 is 9.64 Å². The molecule has 0 aromatic heterocycles. The third-order valence-corrected chi connectivity index (χ3v) is 3.59. The second kappa shape index (κ2) is 5.03. The average Bonchev–Trinajstić information content (AvgIpc) is 2.91. The summed E-state index contributed by atoms with van der Waals surface area (Å²) in [6, 6.07) is 3.53. The van der Waals surface area contributed by atoms with Crippen molar-refractivity contribution in [3.05, 3.63) is 59.5 Å². The Hall–Kier alpha value is -1.84. The van der Waals surface area contributed by atoms with E-state index >= 15 is 0 Å². The molecule has 1 aromatic rings. The summed E-state index contributed by atoms with van der Waals surface area (Å²) < 4.78 is 32.5. The zero-order valence-corrected chi connectivity index (χ0v) is 10.5. The molecule has 1 saturated heterocycles. The van der Waals surface area contributed by atoms with Gasteiger partial charge in [0.1, 0.15) is 24.5 Å². The summed E-state index contributed by atoms with van der Waals surface area (Å²) in [6.07, 6.45) is 7.37. The first-order chi connectivity index (χ1) is 9.25. The molecule has 100 valence electrons. The van der Waals surface area contributed by atoms with E-state index in [4.69, 9.17) is 4.74 Å². The molecule has 0 radical (unpaired) electrons. The van der Waals surface area contributed by atoms with E-state index in [2.05, 4.69) is 4.90 Å². The zero-order chi connectivity index (χ0) is 13.2. The Balaban J connectivity index is 1.92. The Morgan fingerprint density at radius 2 is 2.16 bits per heavy atom. The molecule has 4 heteroatoms. The van der Waals surface area contributed by atoms with E-state index in [1.165, 1.54) is 12.1 Å². The van der Waals surface area contributed by atoms with Crippen molar-refractivity contribution >= 4 is 0 Å². The molecule has 2 aliphatic rings. The number of ether oxygens (including phenoxy) is 1. The minimum absolute atomic E-state index is 0.117. The fourth-order valence-corrected chi connectivity index (χ4v) is 2.73. The van der Waals surface area contributed by atoms with E-state index < -0.39 is 5.82 Å². The van der Waals surface area contributed by atoms with Crippen molar-refractivity contribution in [2.24, 2.45) is 0 Å². The number of likely N-dealkylation sites (tertiary alicyclic amines) is 1. The molecule has 0 amide bonds. The van der Waals surface area contributed by atoms with Crippen molar-refractivity contribution in [1.29, 1.82) is 0 Å². The van der Waals surface area contributed by atoms with Crippen molar-refractivity contribution in [2.45, 2.75) is 18.9 Å². The van der Waals surface area contributed by atoms with Crippen LogP contribution in [0.15, 0.2) is 42.3 Å². The smallest absolute Gasteiger partial charge is 0.128 e. The molecule has 0 spiro atoms. The average molecular weight is 263 g/mol. The van der Waals surface area contributed by atoms with E-state index in [1.807, 2.05) is 12.2 Å². The van der Waals surface area contributed by atoms with Gasteiger partial charge in [-0.3, -0.25) is 0 Å². The summed E-state index contributed by atoms with van der Waals surface area (Å²) in [6.45, 7) is 1.40. The van der Waals surface area contributed by atoms with Gasteiger partial charge in [0.25, 0.3) is 0 Å². The van der Waals surface area contributed by atoms with E-state index in [1.54, 1.807) is 6.26 Å². The first-order valence-corrected chi connectivity index (χ1v) is 6.45. The van der Waals surface area contributed by atoms with Gasteiger partial charge in [0.05, 0.1) is 11.7 Å². The van der Waals surface area contributed by atoms with E-state index in [-0.39, 0.29) is 11.9 Å². The van der Waals surface area contributed by atoms with Gasteiger partial charge in [-0.05, 0) is 43.2 Å². The minimum atomic E-state index is -0.396. The molecule has 1 unspecified atom stereocenters. The maximum absolute atomic E-state index is 13.9. The number of benzene rings is 1. The van der Waals surface area contributed by atoms with E-state index in [0.29, 0.717) is 12.2 Å². The number of hydrogen-bond donors (Lipinski definition) is 0. The summed E-state index contributed by atoms with van der Waals surface area (Å²) in [7, 11) is 0. The van der Waals surface area contributed by atoms with E-state index in [9.17, 15) is 8.78 Å². The second-order valence-electron chi connectivity index (χ2n) is 4.80. The Labute approximate surface area is 111 Å². The quantitative estimate of drug-likeness (QED) is 0.809. The monoisotopic (exact) mass is 263 g/mol. The van der Waals surface area contributed by atoms with Gasteiger partial charge in [-0.25, -0.2) is 8.78 Å². The van der Waals surface area contributed by atoms with Gasteiger partial charge in [-0.15, -0.1) is 0 Å². The van der Waals surface area contributed by atoms with Crippen molar-refractivity contribution in [3.63, 3.8) is 0 Å². The molecule has 0 aliphatic carbocycles. The predicted molar refractivity (Wildman–Crippen MR) is 68.2 cm³/mol. The predicted octanol–water partition coefficient (Wildman–Crippen LogP) is 3.53. The molecule has 19 heavy (non-hydrogen) atoms. The van der Waals surface area contributed by atoms with Crippen LogP contribution in [-0.2, 0) is 4.74 Å². The normalized spacial score (nSPS) is 22.3. The highest BCUT2D eigenvalue weighted by Gasteiger charge is 2.29. The van der Waals surface area contributed by atoms with Crippen LogP contribution in [0.2, 0.25) is 0 Å². The lowest BCUT2D eigenvalue weighted by Gasteiger charge is -2.29. The van der Waals surface area contributed by atoms with Crippen LogP contribution >= 0.6 is 0 Å². The Kier molecular flexibility index (Phi) is 3.23. The van der Waals surface area contributed by atoms with Crippen LogP contribution in [0, 0.1) is 11.6 Å². The maximum Gasteiger partial charge on any atom is 0.128 e. The lowest BCUT2D eigenvalue weighted by Crippen LogP contribution is -2.23. The number of halogens is 2. The number of rotatable bonds is 2. The maximum atomic E-state index is 13.9. The van der Waals surface area contributed by atoms with Crippen LogP contribution in [-0.4, -0.2) is 18.1 Å². The summed E-state index contributed by atoms with van der Waals surface area (Å²) in [5.74, 6) is -0.743. The Morgan fingerprint density at radius 3 is 2.95 bits per heavy atom. The molecular weight excluding hydrogens is 248 g/mol. The standard InChI is InChI=1S/C15H15F2NO/c16-11-5-6-14(17)13(9-11)15-4-1-7-18(15)12-3-2-8-19-10-12/h2-3,5-6,9-10,15H,1,4,7-8H2. The number of allylic oxidation sites excluding steroid dienone is 1. The van der Waals surface area contributed by atoms with Crippen molar-refractivity contribution in [2.75, 3.05) is 13.2 Å². The highest BCUT2D eigenvalue weighted by atomic mass is 19.1. The van der Waals surface area contributed by atoms with Gasteiger partial charge in [0, 0.05) is 12.1 Å². The first kappa shape index (κ1) is 12.2. The highest BCUT2D eigenvalue weighted by Crippen LogP contribution is 2.37. The van der Waals surface area contributed by atoms with Crippen LogP contribution in [0.5, 0.6) is 0 Å². The summed E-state index contributed by atoms with van der Waals surface area (Å²) >= 11 is 0. The largest absolute Gasteiger partial charge is 0.495 e. The SMILES string of the molecule is Fc1ccc(F)c(C2CCCN2C2=COCC=C2)c1. The third kappa shape index (κ3) is 2.35. The second-order valence-corrected chi connectivity index (χ2v) is 4.80. The molecule has 1 aromatic carbocycles. The summed E-state index contributed by atoms with van der Waals surface area (Å²) in [5, 5.41) is 0. The summed E-state index contributed by atoms with van der Waals surface area (Å²) in [4.78, 5) is 2.08. The molecule has 2 heterocycles. The Morgan fingerprint density at radius 1 is 1.26 bits per heavy atom. The zero-order valence-electron chi connectivity index (χ0n) is 10.5. The lowest BCUT2D eigenvalue weighted by atomic mass is 10.0. The van der Waals surface area contributed by atoms with Crippen molar-refractivity contribution < 1.29 is 13.5 Å². The summed E-state index contributed by atoms with van der Waals surface area (Å²) in [5.41, 5.74) is 1.36. The highest BCUT2D eigenvalue weighted by molar-refractivity contribution is 5.28. The van der Waals surface area contributed by atoms with Crippen LogP contribution in [0.1, 0.15) is 24.4 Å². The van der Waals surface area contributed by atoms with Crippen molar-refractivity contribution in [1.82, 2.24) is 4.90 Å². The van der Waals surface area contributed by atoms with Crippen LogP contribution in [0.3, 0.4) is 0 Å². The molecule has 0 saturated carbocycles. The first-order valence-electron chi connectivity index (χ1n) is 6.45. The van der Waals surface area contributed by atoms with Gasteiger partial charge in [-0.1, -0.05) is 0 Å². The topological polar surface area (TPSA) is 12.5 Å². The van der Waals surface area contributed by atoms with Gasteiger partial charge in [0.15, 0.2) is 0 Å². The van der Waals surface area contributed by atoms with Crippen molar-refractivity contribution in [3.8, 4) is 0 Å². The molecule has 1 fully saturated rings. The molecule has 0 N–H and O–H groups in total. The third-order valence-electron chi connectivity index (χ3n) is 3.59. The molecule has 1 atom stereocenters. The van der Waals surface area contributed by atoms with Gasteiger partial charge >= 0.3 is 0 Å². The van der Waals surface area contributed by atoms with Gasteiger partial charge in [-0.2, -0.15) is 0 Å². The minimum Gasteiger partial charge on any atom is -0.495 e. The molecule has 3 rings (SSSR count). The lowest BCUT2D eigenvalue weighted by molar-refractivity contribution is 0.249. The van der Waals surface area contributed by atoms with Crippen LogP contribution < -0.4 is 0 Å². The van der Waals surface area contributed by atoms with E-state index in [0.717, 1.165) is 31.1 Å². The van der Waals surface area contributed by atoms with Crippen LogP contribution in [0.25, 0.3) is 0 Å². The Bertz CT molecular complexity index is 539. The number of nitrogens with zero attached hydrogens (tertiary/aromatic N) is 1. The molecule has 2 nitrogen and oxygen atoms in total. The molecule has 2 aliphatic heterocycles.